The predicted octanol–water partition coefficient (Wildman–Crippen LogP) is 2.60. The molecule has 1 aromatic rings. The molecule has 0 saturated heterocycles. The molecule has 1 unspecified atom stereocenters. The molecule has 1 rings (SSSR count). The van der Waals surface area contributed by atoms with Gasteiger partial charge in [-0.2, -0.15) is 0 Å². The Kier molecular flexibility index (Phi) is 4.22. The zero-order valence-electron chi connectivity index (χ0n) is 8.74. The summed E-state index contributed by atoms with van der Waals surface area (Å²) >= 11 is 0. The fraction of sp³-hybridized carbons (Fsp3) is 0.364. The third-order valence-electron chi connectivity index (χ3n) is 1.99. The van der Waals surface area contributed by atoms with E-state index in [1.54, 1.807) is 6.92 Å². The van der Waals surface area contributed by atoms with Crippen molar-refractivity contribution in [3.8, 4) is 5.75 Å². The van der Waals surface area contributed by atoms with Gasteiger partial charge in [-0.25, -0.2) is 13.6 Å². The number of carboxylic acids is 1. The van der Waals surface area contributed by atoms with Crippen LogP contribution in [0.25, 0.3) is 0 Å². The SMILES string of the molecule is CCCC(Oc1ccc(F)cc1F)C(=O)O. The summed E-state index contributed by atoms with van der Waals surface area (Å²) in [6.45, 7) is 1.79. The summed E-state index contributed by atoms with van der Waals surface area (Å²) in [5.41, 5.74) is 0. The fourth-order valence-electron chi connectivity index (χ4n) is 1.22. The number of rotatable bonds is 5. The first kappa shape index (κ1) is 12.4. The molecule has 1 atom stereocenters. The number of halogens is 2. The van der Waals surface area contributed by atoms with E-state index in [4.69, 9.17) is 9.84 Å². The molecule has 0 heterocycles. The maximum absolute atomic E-state index is 13.2. The number of hydrogen-bond acceptors (Lipinski definition) is 2. The highest BCUT2D eigenvalue weighted by Gasteiger charge is 2.19. The highest BCUT2D eigenvalue weighted by Crippen LogP contribution is 2.20. The average molecular weight is 230 g/mol. The number of benzene rings is 1. The molecule has 0 aromatic heterocycles. The van der Waals surface area contributed by atoms with Gasteiger partial charge < -0.3 is 9.84 Å². The molecule has 0 spiro atoms. The van der Waals surface area contributed by atoms with Gasteiger partial charge in [-0.1, -0.05) is 13.3 Å². The van der Waals surface area contributed by atoms with Crippen molar-refractivity contribution in [2.45, 2.75) is 25.9 Å². The lowest BCUT2D eigenvalue weighted by molar-refractivity contribution is -0.145. The molecule has 0 amide bonds. The van der Waals surface area contributed by atoms with E-state index in [9.17, 15) is 13.6 Å². The number of ether oxygens (including phenoxy) is 1. The van der Waals surface area contributed by atoms with Crippen LogP contribution in [0.3, 0.4) is 0 Å². The molecule has 0 aliphatic heterocycles. The van der Waals surface area contributed by atoms with Crippen molar-refractivity contribution < 1.29 is 23.4 Å². The third-order valence-corrected chi connectivity index (χ3v) is 1.99. The van der Waals surface area contributed by atoms with Crippen LogP contribution in [0.15, 0.2) is 18.2 Å². The number of carbonyl (C=O) groups is 1. The van der Waals surface area contributed by atoms with Gasteiger partial charge in [-0.3, -0.25) is 0 Å². The minimum absolute atomic E-state index is 0.248. The molecule has 0 aliphatic carbocycles. The Bertz CT molecular complexity index is 379. The van der Waals surface area contributed by atoms with Crippen molar-refractivity contribution in [1.29, 1.82) is 0 Å². The number of carboxylic acid groups (broad SMARTS) is 1. The lowest BCUT2D eigenvalue weighted by atomic mass is 10.2. The van der Waals surface area contributed by atoms with Crippen molar-refractivity contribution in [3.05, 3.63) is 29.8 Å². The topological polar surface area (TPSA) is 46.5 Å². The van der Waals surface area contributed by atoms with E-state index < -0.39 is 23.7 Å². The molecule has 0 bridgehead atoms. The minimum atomic E-state index is -1.16. The van der Waals surface area contributed by atoms with E-state index in [2.05, 4.69) is 0 Å². The van der Waals surface area contributed by atoms with Gasteiger partial charge in [0, 0.05) is 6.07 Å². The Morgan fingerprint density at radius 1 is 1.50 bits per heavy atom. The zero-order chi connectivity index (χ0) is 12.1. The second kappa shape index (κ2) is 5.44. The maximum Gasteiger partial charge on any atom is 0.344 e. The summed E-state index contributed by atoms with van der Waals surface area (Å²) in [6, 6.07) is 2.75. The Morgan fingerprint density at radius 3 is 2.69 bits per heavy atom. The molecule has 3 nitrogen and oxygen atoms in total. The molecular formula is C11H12F2O3. The number of aliphatic carboxylic acids is 1. The maximum atomic E-state index is 13.2. The quantitative estimate of drug-likeness (QED) is 0.845. The highest BCUT2D eigenvalue weighted by atomic mass is 19.1. The van der Waals surface area contributed by atoms with Gasteiger partial charge in [-0.15, -0.1) is 0 Å². The fourth-order valence-corrected chi connectivity index (χ4v) is 1.22. The molecule has 0 aliphatic rings. The first-order valence-electron chi connectivity index (χ1n) is 4.89. The average Bonchev–Trinajstić information content (AvgIpc) is 2.20. The van der Waals surface area contributed by atoms with Gasteiger partial charge in [-0.05, 0) is 18.6 Å². The molecule has 5 heteroatoms. The van der Waals surface area contributed by atoms with Crippen molar-refractivity contribution >= 4 is 5.97 Å². The van der Waals surface area contributed by atoms with Crippen molar-refractivity contribution in [2.75, 3.05) is 0 Å². The van der Waals surface area contributed by atoms with Crippen LogP contribution in [0.1, 0.15) is 19.8 Å². The van der Waals surface area contributed by atoms with E-state index >= 15 is 0 Å². The van der Waals surface area contributed by atoms with Crippen LogP contribution in [-0.2, 0) is 4.79 Å². The van der Waals surface area contributed by atoms with Crippen LogP contribution in [0.5, 0.6) is 5.75 Å². The predicted molar refractivity (Wildman–Crippen MR) is 53.3 cm³/mol. The summed E-state index contributed by atoms with van der Waals surface area (Å²) in [5.74, 6) is -3.04. The minimum Gasteiger partial charge on any atom is -0.479 e. The Labute approximate surface area is 91.7 Å². The lowest BCUT2D eigenvalue weighted by Gasteiger charge is -2.14. The van der Waals surface area contributed by atoms with Crippen molar-refractivity contribution in [3.63, 3.8) is 0 Å². The number of hydrogen-bond donors (Lipinski definition) is 1. The Balaban J connectivity index is 2.81. The van der Waals surface area contributed by atoms with Gasteiger partial charge >= 0.3 is 5.97 Å². The van der Waals surface area contributed by atoms with Crippen LogP contribution in [-0.4, -0.2) is 17.2 Å². The Morgan fingerprint density at radius 2 is 2.19 bits per heavy atom. The standard InChI is InChI=1S/C11H12F2O3/c1-2-3-10(11(14)15)16-9-5-4-7(12)6-8(9)13/h4-6,10H,2-3H2,1H3,(H,14,15). The van der Waals surface area contributed by atoms with Crippen molar-refractivity contribution in [2.24, 2.45) is 0 Å². The monoisotopic (exact) mass is 230 g/mol. The summed E-state index contributed by atoms with van der Waals surface area (Å²) in [5, 5.41) is 8.79. The molecule has 1 N–H and O–H groups in total. The van der Waals surface area contributed by atoms with Crippen LogP contribution in [0.4, 0.5) is 8.78 Å². The Hall–Kier alpha value is -1.65. The largest absolute Gasteiger partial charge is 0.479 e. The summed E-state index contributed by atoms with van der Waals surface area (Å²) in [6.07, 6.45) is -0.240. The molecule has 1 aromatic carbocycles. The molecule has 88 valence electrons. The van der Waals surface area contributed by atoms with Gasteiger partial charge in [0.2, 0.25) is 0 Å². The van der Waals surface area contributed by atoms with Gasteiger partial charge in [0.15, 0.2) is 17.7 Å². The van der Waals surface area contributed by atoms with Crippen LogP contribution in [0, 0.1) is 11.6 Å². The molecular weight excluding hydrogens is 218 g/mol. The summed E-state index contributed by atoms with van der Waals surface area (Å²) < 4.78 is 30.7. The lowest BCUT2D eigenvalue weighted by Crippen LogP contribution is -2.27. The van der Waals surface area contributed by atoms with Gasteiger partial charge in [0.25, 0.3) is 0 Å². The van der Waals surface area contributed by atoms with E-state index in [0.717, 1.165) is 12.1 Å². The molecule has 0 radical (unpaired) electrons. The van der Waals surface area contributed by atoms with E-state index in [1.165, 1.54) is 0 Å². The second-order valence-electron chi connectivity index (χ2n) is 3.31. The third kappa shape index (κ3) is 3.18. The molecule has 0 fully saturated rings. The second-order valence-corrected chi connectivity index (χ2v) is 3.31. The molecule has 16 heavy (non-hydrogen) atoms. The van der Waals surface area contributed by atoms with Crippen molar-refractivity contribution in [1.82, 2.24) is 0 Å². The highest BCUT2D eigenvalue weighted by molar-refractivity contribution is 5.72. The summed E-state index contributed by atoms with van der Waals surface area (Å²) in [4.78, 5) is 10.8. The van der Waals surface area contributed by atoms with Gasteiger partial charge in [0.1, 0.15) is 5.82 Å². The van der Waals surface area contributed by atoms with Gasteiger partial charge in [0.05, 0.1) is 0 Å². The first-order valence-corrected chi connectivity index (χ1v) is 4.89. The summed E-state index contributed by atoms with van der Waals surface area (Å²) in [7, 11) is 0. The zero-order valence-corrected chi connectivity index (χ0v) is 8.74. The van der Waals surface area contributed by atoms with Crippen LogP contribution < -0.4 is 4.74 Å². The van der Waals surface area contributed by atoms with Crippen LogP contribution in [0.2, 0.25) is 0 Å². The van der Waals surface area contributed by atoms with E-state index in [-0.39, 0.29) is 12.2 Å². The smallest absolute Gasteiger partial charge is 0.344 e. The normalized spacial score (nSPS) is 12.2. The first-order chi connectivity index (χ1) is 7.54. The molecule has 0 saturated carbocycles. The van der Waals surface area contributed by atoms with Crippen LogP contribution >= 0.6 is 0 Å². The van der Waals surface area contributed by atoms with E-state index in [0.29, 0.717) is 12.5 Å². The van der Waals surface area contributed by atoms with E-state index in [1.807, 2.05) is 0 Å².